The van der Waals surface area contributed by atoms with Gasteiger partial charge in [0, 0.05) is 6.54 Å². The highest BCUT2D eigenvalue weighted by atomic mass is 14.9. The summed E-state index contributed by atoms with van der Waals surface area (Å²) in [4.78, 5) is 0. The van der Waals surface area contributed by atoms with Gasteiger partial charge < -0.3 is 5.32 Å². The Morgan fingerprint density at radius 2 is 1.75 bits per heavy atom. The second kappa shape index (κ2) is 5.06. The van der Waals surface area contributed by atoms with Crippen molar-refractivity contribution in [3.8, 4) is 0 Å². The minimum atomic E-state index is 0.375. The fourth-order valence-electron chi connectivity index (χ4n) is 3.54. The van der Waals surface area contributed by atoms with Crippen LogP contribution in [0.4, 0.5) is 0 Å². The second-order valence-electron chi connectivity index (χ2n) is 6.13. The first-order valence-corrected chi connectivity index (χ1v) is 7.83. The van der Waals surface area contributed by atoms with E-state index in [2.05, 4.69) is 53.8 Å². The number of hydrogen-bond donors (Lipinski definition) is 1. The van der Waals surface area contributed by atoms with Gasteiger partial charge in [0.05, 0.1) is 6.04 Å². The van der Waals surface area contributed by atoms with Crippen LogP contribution in [0.25, 0.3) is 0 Å². The van der Waals surface area contributed by atoms with Gasteiger partial charge in [-0.3, -0.25) is 0 Å². The molecule has 1 N–H and O–H groups in total. The largest absolute Gasteiger partial charge is 0.306 e. The number of nitrogens with one attached hydrogen (secondary N) is 1. The van der Waals surface area contributed by atoms with Gasteiger partial charge in [0.1, 0.15) is 0 Å². The summed E-state index contributed by atoms with van der Waals surface area (Å²) < 4.78 is 0. The van der Waals surface area contributed by atoms with Gasteiger partial charge in [-0.05, 0) is 47.4 Å². The lowest BCUT2D eigenvalue weighted by molar-refractivity contribution is 0.419. The third kappa shape index (κ3) is 2.06. The first-order chi connectivity index (χ1) is 9.92. The van der Waals surface area contributed by atoms with Gasteiger partial charge in [0.25, 0.3) is 0 Å². The molecule has 0 radical (unpaired) electrons. The number of hydrogen-bond acceptors (Lipinski definition) is 1. The van der Waals surface area contributed by atoms with E-state index in [9.17, 15) is 0 Å². The van der Waals surface area contributed by atoms with E-state index >= 15 is 0 Å². The lowest BCUT2D eigenvalue weighted by Gasteiger charge is -2.30. The van der Waals surface area contributed by atoms with Crippen LogP contribution < -0.4 is 5.32 Å². The predicted molar refractivity (Wildman–Crippen MR) is 83.0 cm³/mol. The molecule has 102 valence electrons. The standard InChI is InChI=1S/C19H21N/c1-2-10-18-15(5-1)11-12-20-19(18)17-9-4-8-16(13-17)14-6-3-7-14/h1-2,4-5,8-10,13-14,19-20H,3,6-7,11-12H2. The zero-order valence-electron chi connectivity index (χ0n) is 11.8. The minimum Gasteiger partial charge on any atom is -0.306 e. The van der Waals surface area contributed by atoms with E-state index in [1.165, 1.54) is 36.0 Å². The quantitative estimate of drug-likeness (QED) is 0.856. The molecule has 1 atom stereocenters. The van der Waals surface area contributed by atoms with Crippen molar-refractivity contribution in [3.63, 3.8) is 0 Å². The summed E-state index contributed by atoms with van der Waals surface area (Å²) in [5.74, 6) is 0.814. The normalized spacial score (nSPS) is 22.1. The summed E-state index contributed by atoms with van der Waals surface area (Å²) in [6.45, 7) is 1.08. The van der Waals surface area contributed by atoms with Gasteiger partial charge in [-0.25, -0.2) is 0 Å². The Balaban J connectivity index is 1.71. The lowest BCUT2D eigenvalue weighted by atomic mass is 9.79. The van der Waals surface area contributed by atoms with Crippen LogP contribution in [-0.4, -0.2) is 6.54 Å². The lowest BCUT2D eigenvalue weighted by Crippen LogP contribution is -2.30. The molecule has 1 heterocycles. The molecule has 0 bridgehead atoms. The summed E-state index contributed by atoms with van der Waals surface area (Å²) >= 11 is 0. The van der Waals surface area contributed by atoms with Crippen LogP contribution in [0, 0.1) is 0 Å². The van der Waals surface area contributed by atoms with Gasteiger partial charge in [-0.15, -0.1) is 0 Å². The van der Waals surface area contributed by atoms with Crippen LogP contribution in [0.2, 0.25) is 0 Å². The number of benzene rings is 2. The Labute approximate surface area is 121 Å². The first-order valence-electron chi connectivity index (χ1n) is 7.83. The van der Waals surface area contributed by atoms with Crippen LogP contribution in [0.15, 0.2) is 48.5 Å². The Morgan fingerprint density at radius 1 is 0.900 bits per heavy atom. The van der Waals surface area contributed by atoms with Crippen LogP contribution in [0.3, 0.4) is 0 Å². The fourth-order valence-corrected chi connectivity index (χ4v) is 3.54. The smallest absolute Gasteiger partial charge is 0.0579 e. The summed E-state index contributed by atoms with van der Waals surface area (Å²) in [7, 11) is 0. The fraction of sp³-hybridized carbons (Fsp3) is 0.368. The van der Waals surface area contributed by atoms with Crippen molar-refractivity contribution in [2.45, 2.75) is 37.6 Å². The van der Waals surface area contributed by atoms with Crippen molar-refractivity contribution in [1.82, 2.24) is 5.32 Å². The Kier molecular flexibility index (Phi) is 3.08. The molecule has 2 aliphatic rings. The molecule has 1 nitrogen and oxygen atoms in total. The first kappa shape index (κ1) is 12.2. The zero-order chi connectivity index (χ0) is 13.4. The van der Waals surface area contributed by atoms with Gasteiger partial charge in [-0.1, -0.05) is 55.0 Å². The summed E-state index contributed by atoms with van der Waals surface area (Å²) in [5.41, 5.74) is 5.94. The molecule has 1 aliphatic carbocycles. The minimum absolute atomic E-state index is 0.375. The van der Waals surface area contributed by atoms with Crippen molar-refractivity contribution < 1.29 is 0 Å². The van der Waals surface area contributed by atoms with Crippen LogP contribution >= 0.6 is 0 Å². The monoisotopic (exact) mass is 263 g/mol. The summed E-state index contributed by atoms with van der Waals surface area (Å²) in [6.07, 6.45) is 5.30. The van der Waals surface area contributed by atoms with E-state index in [-0.39, 0.29) is 0 Å². The summed E-state index contributed by atoms with van der Waals surface area (Å²) in [6, 6.07) is 18.5. The van der Waals surface area contributed by atoms with Crippen LogP contribution in [-0.2, 0) is 6.42 Å². The van der Waals surface area contributed by atoms with Crippen molar-refractivity contribution in [2.75, 3.05) is 6.54 Å². The van der Waals surface area contributed by atoms with Gasteiger partial charge >= 0.3 is 0 Å². The third-order valence-corrected chi connectivity index (χ3v) is 4.93. The van der Waals surface area contributed by atoms with Crippen molar-refractivity contribution in [3.05, 3.63) is 70.8 Å². The van der Waals surface area contributed by atoms with Crippen LogP contribution in [0.5, 0.6) is 0 Å². The molecule has 0 saturated heterocycles. The average Bonchev–Trinajstić information content (AvgIpc) is 2.45. The van der Waals surface area contributed by atoms with E-state index in [4.69, 9.17) is 0 Å². The van der Waals surface area contributed by atoms with E-state index < -0.39 is 0 Å². The number of rotatable bonds is 2. The Bertz CT molecular complexity index is 613. The SMILES string of the molecule is c1cc(C2CCC2)cc(C2NCCc3ccccc32)c1. The Morgan fingerprint density at radius 3 is 2.60 bits per heavy atom. The Hall–Kier alpha value is -1.60. The second-order valence-corrected chi connectivity index (χ2v) is 6.13. The van der Waals surface area contributed by atoms with Crippen molar-refractivity contribution in [2.24, 2.45) is 0 Å². The predicted octanol–water partition coefficient (Wildman–Crippen LogP) is 4.19. The average molecular weight is 263 g/mol. The topological polar surface area (TPSA) is 12.0 Å². The van der Waals surface area contributed by atoms with Crippen LogP contribution in [0.1, 0.15) is 53.5 Å². The van der Waals surface area contributed by atoms with Crippen molar-refractivity contribution >= 4 is 0 Å². The molecular formula is C19H21N. The molecular weight excluding hydrogens is 242 g/mol. The van der Waals surface area contributed by atoms with Gasteiger partial charge in [0.15, 0.2) is 0 Å². The molecule has 1 aliphatic heterocycles. The molecule has 4 rings (SSSR count). The zero-order valence-corrected chi connectivity index (χ0v) is 11.8. The molecule has 1 saturated carbocycles. The number of fused-ring (bicyclic) bond motifs is 1. The molecule has 1 heteroatoms. The maximum absolute atomic E-state index is 3.69. The molecule has 2 aromatic carbocycles. The molecule has 2 aromatic rings. The van der Waals surface area contributed by atoms with E-state index in [1.54, 1.807) is 5.56 Å². The van der Waals surface area contributed by atoms with Gasteiger partial charge in [-0.2, -0.15) is 0 Å². The highest BCUT2D eigenvalue weighted by Crippen LogP contribution is 2.38. The molecule has 20 heavy (non-hydrogen) atoms. The molecule has 0 spiro atoms. The van der Waals surface area contributed by atoms with E-state index in [1.807, 2.05) is 0 Å². The highest BCUT2D eigenvalue weighted by Gasteiger charge is 2.23. The van der Waals surface area contributed by atoms with Crippen molar-refractivity contribution in [1.29, 1.82) is 0 Å². The maximum Gasteiger partial charge on any atom is 0.0579 e. The molecule has 0 aromatic heterocycles. The third-order valence-electron chi connectivity index (χ3n) is 4.93. The molecule has 1 fully saturated rings. The summed E-state index contributed by atoms with van der Waals surface area (Å²) in [5, 5.41) is 3.69. The maximum atomic E-state index is 3.69. The highest BCUT2D eigenvalue weighted by molar-refractivity contribution is 5.41. The molecule has 1 unspecified atom stereocenters. The van der Waals surface area contributed by atoms with E-state index in [0.29, 0.717) is 6.04 Å². The van der Waals surface area contributed by atoms with E-state index in [0.717, 1.165) is 18.9 Å². The van der Waals surface area contributed by atoms with Gasteiger partial charge in [0.2, 0.25) is 0 Å². The molecule has 0 amide bonds.